The zero-order valence-electron chi connectivity index (χ0n) is 20.6. The lowest BCUT2D eigenvalue weighted by Crippen LogP contribution is -2.28. The van der Waals surface area contributed by atoms with Crippen LogP contribution in [-0.4, -0.2) is 57.7 Å². The van der Waals surface area contributed by atoms with Gasteiger partial charge in [-0.3, -0.25) is 14.4 Å². The first-order chi connectivity index (χ1) is 17.4. The summed E-state index contributed by atoms with van der Waals surface area (Å²) >= 11 is 0. The molecule has 3 rings (SSSR count). The minimum absolute atomic E-state index is 0.0363. The lowest BCUT2D eigenvalue weighted by atomic mass is 10.1. The van der Waals surface area contributed by atoms with E-state index in [1.807, 2.05) is 6.92 Å². The molecule has 10 nitrogen and oxygen atoms in total. The highest BCUT2D eigenvalue weighted by Gasteiger charge is 2.37. The molecule has 1 heterocycles. The number of nitrogens with one attached hydrogen (secondary N) is 1. The first-order valence-electron chi connectivity index (χ1n) is 11.6. The highest BCUT2D eigenvalue weighted by molar-refractivity contribution is 6.01. The fraction of sp³-hybridized carbons (Fsp3) is 0.385. The standard InChI is InChI=1S/C26H30N2O8/c1-4-5-12-35-25(31)17-6-8-19(9-7-17)27-23(29)16-36-26(32)18-13-24(30)28(15-18)21-11-10-20(33-2)14-22(21)34-3/h6-11,14,18H,4-5,12-13,15-16H2,1-3H3,(H,27,29)/t18-/m0/s1. The van der Waals surface area contributed by atoms with Crippen LogP contribution in [0.15, 0.2) is 42.5 Å². The number of rotatable bonds is 11. The van der Waals surface area contributed by atoms with E-state index in [-0.39, 0.29) is 18.9 Å². The third-order valence-corrected chi connectivity index (χ3v) is 5.62. The van der Waals surface area contributed by atoms with Gasteiger partial charge in [0.2, 0.25) is 5.91 Å². The van der Waals surface area contributed by atoms with Crippen molar-refractivity contribution >= 4 is 35.1 Å². The Morgan fingerprint density at radius 2 is 1.78 bits per heavy atom. The number of esters is 2. The number of ether oxygens (including phenoxy) is 4. The Kier molecular flexibility index (Phi) is 9.26. The second-order valence-corrected chi connectivity index (χ2v) is 8.17. The maximum atomic E-state index is 12.6. The molecule has 10 heteroatoms. The molecule has 0 bridgehead atoms. The lowest BCUT2D eigenvalue weighted by Gasteiger charge is -2.20. The van der Waals surface area contributed by atoms with Gasteiger partial charge in [-0.15, -0.1) is 0 Å². The summed E-state index contributed by atoms with van der Waals surface area (Å²) in [5.41, 5.74) is 1.34. The van der Waals surface area contributed by atoms with Crippen LogP contribution in [0.2, 0.25) is 0 Å². The molecular formula is C26H30N2O8. The number of methoxy groups -OCH3 is 2. The SMILES string of the molecule is CCCCOC(=O)c1ccc(NC(=O)COC(=O)[C@H]2CC(=O)N(c3ccc(OC)cc3OC)C2)cc1. The van der Waals surface area contributed by atoms with Crippen molar-refractivity contribution in [2.24, 2.45) is 5.92 Å². The van der Waals surface area contributed by atoms with E-state index in [4.69, 9.17) is 18.9 Å². The highest BCUT2D eigenvalue weighted by atomic mass is 16.5. The predicted octanol–water partition coefficient (Wildman–Crippen LogP) is 3.20. The summed E-state index contributed by atoms with van der Waals surface area (Å²) in [6, 6.07) is 11.2. The molecule has 0 saturated carbocycles. The van der Waals surface area contributed by atoms with Gasteiger partial charge in [-0.05, 0) is 42.8 Å². The number of benzene rings is 2. The Hall–Kier alpha value is -4.08. The van der Waals surface area contributed by atoms with Gasteiger partial charge in [0.25, 0.3) is 5.91 Å². The molecule has 0 radical (unpaired) electrons. The average Bonchev–Trinajstić information content (AvgIpc) is 3.28. The summed E-state index contributed by atoms with van der Waals surface area (Å²) in [5.74, 6) is -1.56. The van der Waals surface area contributed by atoms with Crippen LogP contribution in [-0.2, 0) is 23.9 Å². The van der Waals surface area contributed by atoms with Crippen molar-refractivity contribution in [3.63, 3.8) is 0 Å². The fourth-order valence-corrected chi connectivity index (χ4v) is 3.64. The number of nitrogens with zero attached hydrogens (tertiary/aromatic N) is 1. The van der Waals surface area contributed by atoms with Crippen molar-refractivity contribution in [2.75, 3.05) is 44.2 Å². The summed E-state index contributed by atoms with van der Waals surface area (Å²) in [7, 11) is 3.01. The number of hydrogen-bond acceptors (Lipinski definition) is 8. The third-order valence-electron chi connectivity index (χ3n) is 5.62. The second-order valence-electron chi connectivity index (χ2n) is 8.17. The van der Waals surface area contributed by atoms with E-state index in [0.29, 0.717) is 35.0 Å². The fourth-order valence-electron chi connectivity index (χ4n) is 3.64. The van der Waals surface area contributed by atoms with Gasteiger partial charge < -0.3 is 29.2 Å². The number of hydrogen-bond donors (Lipinski definition) is 1. The van der Waals surface area contributed by atoms with Gasteiger partial charge in [0.15, 0.2) is 6.61 Å². The Bertz CT molecular complexity index is 1100. The van der Waals surface area contributed by atoms with E-state index < -0.39 is 30.4 Å². The van der Waals surface area contributed by atoms with Crippen LogP contribution in [0.3, 0.4) is 0 Å². The molecule has 2 aromatic carbocycles. The first-order valence-corrected chi connectivity index (χ1v) is 11.6. The van der Waals surface area contributed by atoms with Crippen molar-refractivity contribution in [2.45, 2.75) is 26.2 Å². The van der Waals surface area contributed by atoms with Crippen LogP contribution >= 0.6 is 0 Å². The number of anilines is 2. The van der Waals surface area contributed by atoms with Crippen LogP contribution in [0.25, 0.3) is 0 Å². The maximum Gasteiger partial charge on any atom is 0.338 e. The quantitative estimate of drug-likeness (QED) is 0.370. The van der Waals surface area contributed by atoms with Crippen LogP contribution in [0, 0.1) is 5.92 Å². The molecule has 1 saturated heterocycles. The third kappa shape index (κ3) is 6.74. The first kappa shape index (κ1) is 26.5. The van der Waals surface area contributed by atoms with E-state index in [9.17, 15) is 19.2 Å². The molecule has 0 aliphatic carbocycles. The largest absolute Gasteiger partial charge is 0.497 e. The van der Waals surface area contributed by atoms with E-state index in [1.165, 1.54) is 19.1 Å². The Morgan fingerprint density at radius 1 is 1.03 bits per heavy atom. The molecule has 192 valence electrons. The Balaban J connectivity index is 1.49. The summed E-state index contributed by atoms with van der Waals surface area (Å²) in [6.07, 6.45) is 1.68. The molecule has 2 aromatic rings. The maximum absolute atomic E-state index is 12.6. The van der Waals surface area contributed by atoms with Crippen LogP contribution in [0.1, 0.15) is 36.5 Å². The van der Waals surface area contributed by atoms with Gasteiger partial charge in [0.1, 0.15) is 11.5 Å². The summed E-state index contributed by atoms with van der Waals surface area (Å²) < 4.78 is 20.8. The molecule has 0 spiro atoms. The average molecular weight is 499 g/mol. The molecule has 36 heavy (non-hydrogen) atoms. The molecular weight excluding hydrogens is 468 g/mol. The number of unbranched alkanes of at least 4 members (excludes halogenated alkanes) is 1. The van der Waals surface area contributed by atoms with E-state index in [0.717, 1.165) is 12.8 Å². The normalized spacial score (nSPS) is 14.8. The van der Waals surface area contributed by atoms with Gasteiger partial charge in [-0.25, -0.2) is 4.79 Å². The molecule has 1 atom stereocenters. The smallest absolute Gasteiger partial charge is 0.338 e. The van der Waals surface area contributed by atoms with Crippen LogP contribution in [0.5, 0.6) is 11.5 Å². The number of carbonyl (C=O) groups is 4. The number of amides is 2. The summed E-state index contributed by atoms with van der Waals surface area (Å²) in [4.78, 5) is 50.7. The van der Waals surface area contributed by atoms with E-state index >= 15 is 0 Å². The van der Waals surface area contributed by atoms with Crippen LogP contribution in [0.4, 0.5) is 11.4 Å². The second kappa shape index (κ2) is 12.6. The molecule has 0 aromatic heterocycles. The van der Waals surface area contributed by atoms with E-state index in [1.54, 1.807) is 42.5 Å². The minimum atomic E-state index is -0.713. The Labute approximate surface area is 209 Å². The molecule has 2 amide bonds. The monoisotopic (exact) mass is 498 g/mol. The van der Waals surface area contributed by atoms with Gasteiger partial charge in [-0.1, -0.05) is 13.3 Å². The van der Waals surface area contributed by atoms with Crippen molar-refractivity contribution in [3.05, 3.63) is 48.0 Å². The predicted molar refractivity (Wildman–Crippen MR) is 131 cm³/mol. The minimum Gasteiger partial charge on any atom is -0.497 e. The van der Waals surface area contributed by atoms with Gasteiger partial charge in [0, 0.05) is 24.7 Å². The van der Waals surface area contributed by atoms with Gasteiger partial charge in [0.05, 0.1) is 38.0 Å². The lowest BCUT2D eigenvalue weighted by molar-refractivity contribution is -0.151. The van der Waals surface area contributed by atoms with Crippen molar-refractivity contribution in [1.82, 2.24) is 0 Å². The van der Waals surface area contributed by atoms with Crippen molar-refractivity contribution < 1.29 is 38.1 Å². The van der Waals surface area contributed by atoms with Gasteiger partial charge >= 0.3 is 11.9 Å². The van der Waals surface area contributed by atoms with Crippen LogP contribution < -0.4 is 19.7 Å². The topological polar surface area (TPSA) is 120 Å². The van der Waals surface area contributed by atoms with E-state index in [2.05, 4.69) is 5.32 Å². The van der Waals surface area contributed by atoms with Crippen molar-refractivity contribution in [3.8, 4) is 11.5 Å². The molecule has 1 fully saturated rings. The summed E-state index contributed by atoms with van der Waals surface area (Å²) in [6.45, 7) is 1.97. The zero-order valence-corrected chi connectivity index (χ0v) is 20.6. The number of carbonyl (C=O) groups excluding carboxylic acids is 4. The summed E-state index contributed by atoms with van der Waals surface area (Å²) in [5, 5.41) is 2.60. The van der Waals surface area contributed by atoms with Gasteiger partial charge in [-0.2, -0.15) is 0 Å². The molecule has 1 N–H and O–H groups in total. The Morgan fingerprint density at radius 3 is 2.44 bits per heavy atom. The highest BCUT2D eigenvalue weighted by Crippen LogP contribution is 2.36. The zero-order chi connectivity index (χ0) is 26.1. The molecule has 0 unspecified atom stereocenters. The molecule has 1 aliphatic heterocycles. The van der Waals surface area contributed by atoms with Crippen molar-refractivity contribution in [1.29, 1.82) is 0 Å². The molecule has 1 aliphatic rings.